The first-order valence-electron chi connectivity index (χ1n) is 15.7. The minimum atomic E-state index is -1.55. The maximum Gasteiger partial charge on any atom is 0.230 e. The summed E-state index contributed by atoms with van der Waals surface area (Å²) in [5.74, 6) is -0.181. The van der Waals surface area contributed by atoms with Crippen molar-refractivity contribution in [3.63, 3.8) is 0 Å². The van der Waals surface area contributed by atoms with Crippen LogP contribution in [0, 0.1) is 11.3 Å². The van der Waals surface area contributed by atoms with Crippen LogP contribution in [-0.4, -0.2) is 199 Å². The summed E-state index contributed by atoms with van der Waals surface area (Å²) in [6.07, 6.45) is -10.3. The Hall–Kier alpha value is -1.49. The van der Waals surface area contributed by atoms with E-state index in [9.17, 15) is 55.2 Å². The molecule has 0 radical (unpaired) electrons. The van der Waals surface area contributed by atoms with Crippen LogP contribution in [0.25, 0.3) is 0 Å². The highest BCUT2D eigenvalue weighted by Gasteiger charge is 2.44. The van der Waals surface area contributed by atoms with Crippen molar-refractivity contribution in [2.75, 3.05) is 75.5 Å². The molecule has 282 valence electrons. The van der Waals surface area contributed by atoms with Crippen LogP contribution in [0.3, 0.4) is 0 Å². The molecule has 0 aromatic rings. The van der Waals surface area contributed by atoms with Gasteiger partial charge in [0.15, 0.2) is 0 Å². The first-order chi connectivity index (χ1) is 23.4. The fourth-order valence-corrected chi connectivity index (χ4v) is 7.34. The van der Waals surface area contributed by atoms with E-state index in [0.717, 1.165) is 23.5 Å². The van der Waals surface area contributed by atoms with Gasteiger partial charge < -0.3 is 66.3 Å². The molecule has 11 N–H and O–H groups in total. The number of thioether (sulfide) groups is 3. The Morgan fingerprint density at radius 3 is 1.51 bits per heavy atom. The minimum absolute atomic E-state index is 0.144. The van der Waals surface area contributed by atoms with Crippen LogP contribution in [0.4, 0.5) is 0 Å². The number of amides is 3. The number of hydrogen-bond acceptors (Lipinski definition) is 18. The quantitative estimate of drug-likeness (QED) is 0.0460. The van der Waals surface area contributed by atoms with E-state index in [1.54, 1.807) is 0 Å². The predicted octanol–water partition coefficient (Wildman–Crippen LogP) is -5.26. The van der Waals surface area contributed by atoms with Crippen molar-refractivity contribution >= 4 is 53.0 Å². The highest BCUT2D eigenvalue weighted by molar-refractivity contribution is 8.00. The third kappa shape index (κ3) is 15.3. The number of aliphatic hydroxyl groups is 8. The van der Waals surface area contributed by atoms with Crippen molar-refractivity contribution in [1.29, 1.82) is 5.26 Å². The molecule has 2 aliphatic heterocycles. The van der Waals surface area contributed by atoms with Crippen molar-refractivity contribution < 1.29 is 64.7 Å². The van der Waals surface area contributed by atoms with Gasteiger partial charge in [-0.15, -0.1) is 35.3 Å². The van der Waals surface area contributed by atoms with Gasteiger partial charge >= 0.3 is 0 Å². The van der Waals surface area contributed by atoms with E-state index in [2.05, 4.69) is 16.0 Å². The van der Waals surface area contributed by atoms with Crippen LogP contribution in [0.5, 0.6) is 0 Å². The molecule has 2 fully saturated rings. The second kappa shape index (κ2) is 23.9. The smallest absolute Gasteiger partial charge is 0.230 e. The summed E-state index contributed by atoms with van der Waals surface area (Å²) in [5, 5.41) is 95.6. The second-order valence-corrected chi connectivity index (χ2v) is 14.5. The number of nitriles is 1. The van der Waals surface area contributed by atoms with Crippen LogP contribution >= 0.6 is 35.3 Å². The Kier molecular flexibility index (Phi) is 21.3. The second-order valence-electron chi connectivity index (χ2n) is 11.2. The molecule has 2 saturated heterocycles. The molecule has 0 aromatic heterocycles. The molecule has 2 rings (SSSR count). The maximum atomic E-state index is 12.5. The van der Waals surface area contributed by atoms with E-state index in [4.69, 9.17) is 14.7 Å². The Morgan fingerprint density at radius 2 is 1.10 bits per heavy atom. The molecule has 0 bridgehead atoms. The lowest BCUT2D eigenvalue weighted by Gasteiger charge is -2.39. The largest absolute Gasteiger partial charge is 0.394 e. The van der Waals surface area contributed by atoms with Gasteiger partial charge in [0.05, 0.1) is 36.5 Å². The molecule has 18 nitrogen and oxygen atoms in total. The van der Waals surface area contributed by atoms with Crippen LogP contribution in [0.1, 0.15) is 12.8 Å². The minimum Gasteiger partial charge on any atom is -0.394 e. The van der Waals surface area contributed by atoms with E-state index in [0.29, 0.717) is 50.5 Å². The molecule has 2 aliphatic rings. The molecule has 10 unspecified atom stereocenters. The normalized spacial score (nSPS) is 30.0. The van der Waals surface area contributed by atoms with Gasteiger partial charge in [0.1, 0.15) is 59.7 Å². The zero-order valence-electron chi connectivity index (χ0n) is 26.9. The first-order valence-corrected chi connectivity index (χ1v) is 19.0. The Bertz CT molecular complexity index is 989. The van der Waals surface area contributed by atoms with Crippen LogP contribution < -0.4 is 16.0 Å². The van der Waals surface area contributed by atoms with Gasteiger partial charge in [-0.2, -0.15) is 5.26 Å². The average Bonchev–Trinajstić information content (AvgIpc) is 3.08. The number of hydrogen-bond donors (Lipinski definition) is 11. The van der Waals surface area contributed by atoms with Gasteiger partial charge in [0, 0.05) is 45.7 Å². The monoisotopic (exact) mass is 759 g/mol. The molecular formula is C28H49N5O13S3. The number of nitrogens with zero attached hydrogens (tertiary/aromatic N) is 2. The Labute approximate surface area is 297 Å². The van der Waals surface area contributed by atoms with Gasteiger partial charge in [-0.05, 0) is 12.2 Å². The van der Waals surface area contributed by atoms with Crippen molar-refractivity contribution in [1.82, 2.24) is 20.9 Å². The molecule has 2 heterocycles. The summed E-state index contributed by atoms with van der Waals surface area (Å²) >= 11 is 3.25. The van der Waals surface area contributed by atoms with Crippen molar-refractivity contribution in [2.24, 2.45) is 0 Å². The van der Waals surface area contributed by atoms with E-state index < -0.39 is 84.7 Å². The van der Waals surface area contributed by atoms with Crippen molar-refractivity contribution in [3.8, 4) is 6.07 Å². The number of aliphatic hydroxyl groups excluding tert-OH is 8. The molecule has 21 heteroatoms. The highest BCUT2D eigenvalue weighted by Crippen LogP contribution is 2.29. The first kappa shape index (κ1) is 43.7. The van der Waals surface area contributed by atoms with Crippen LogP contribution in [0.15, 0.2) is 0 Å². The maximum absolute atomic E-state index is 12.5. The van der Waals surface area contributed by atoms with Crippen molar-refractivity contribution in [2.45, 2.75) is 72.5 Å². The zero-order chi connectivity index (χ0) is 36.3. The third-order valence-electron chi connectivity index (χ3n) is 7.56. The van der Waals surface area contributed by atoms with Gasteiger partial charge in [0.2, 0.25) is 17.7 Å². The SMILES string of the molecule is N#CCSCCCC(=O)NCCN(CCNC(=O)CSC1OC(CO)C(O)C(O)C1O)CCNC(=O)CSC1OC(CO)C(O)C(O)C1O. The molecule has 0 saturated carbocycles. The van der Waals surface area contributed by atoms with Gasteiger partial charge in [-0.1, -0.05) is 0 Å². The number of carbonyl (C=O) groups is 3. The summed E-state index contributed by atoms with van der Waals surface area (Å²) in [6.45, 7) is 0.593. The summed E-state index contributed by atoms with van der Waals surface area (Å²) in [4.78, 5) is 39.1. The molecule has 0 aliphatic carbocycles. The van der Waals surface area contributed by atoms with Crippen molar-refractivity contribution in [3.05, 3.63) is 0 Å². The summed E-state index contributed by atoms with van der Waals surface area (Å²) in [5.41, 5.74) is -2.09. The van der Waals surface area contributed by atoms with E-state index >= 15 is 0 Å². The van der Waals surface area contributed by atoms with Crippen LogP contribution in [-0.2, 0) is 23.9 Å². The van der Waals surface area contributed by atoms with E-state index in [-0.39, 0.29) is 30.5 Å². The molecule has 0 spiro atoms. The summed E-state index contributed by atoms with van der Waals surface area (Å²) in [7, 11) is 0. The number of nitrogens with one attached hydrogen (secondary N) is 3. The lowest BCUT2D eigenvalue weighted by atomic mass is 10.0. The van der Waals surface area contributed by atoms with Gasteiger partial charge in [-0.25, -0.2) is 0 Å². The lowest BCUT2D eigenvalue weighted by Crippen LogP contribution is -2.57. The number of ether oxygens (including phenoxy) is 2. The summed E-state index contributed by atoms with van der Waals surface area (Å²) in [6, 6.07) is 2.03. The lowest BCUT2D eigenvalue weighted by molar-refractivity contribution is -0.205. The number of carbonyl (C=O) groups excluding carboxylic acids is 3. The topological polar surface area (TPSA) is 295 Å². The molecular weight excluding hydrogens is 711 g/mol. The highest BCUT2D eigenvalue weighted by atomic mass is 32.2. The average molecular weight is 760 g/mol. The van der Waals surface area contributed by atoms with E-state index in [1.165, 1.54) is 11.8 Å². The van der Waals surface area contributed by atoms with Gasteiger partial charge in [-0.3, -0.25) is 19.3 Å². The number of rotatable bonds is 22. The Balaban J connectivity index is 1.80. The third-order valence-corrected chi connectivity index (χ3v) is 10.8. The zero-order valence-corrected chi connectivity index (χ0v) is 29.4. The van der Waals surface area contributed by atoms with Crippen LogP contribution in [0.2, 0.25) is 0 Å². The molecule has 3 amide bonds. The fraction of sp³-hybridized carbons (Fsp3) is 0.857. The molecule has 49 heavy (non-hydrogen) atoms. The van der Waals surface area contributed by atoms with E-state index in [1.807, 2.05) is 11.0 Å². The molecule has 10 atom stereocenters. The predicted molar refractivity (Wildman–Crippen MR) is 180 cm³/mol. The summed E-state index contributed by atoms with van der Waals surface area (Å²) < 4.78 is 10.8. The molecule has 0 aromatic carbocycles. The fourth-order valence-electron chi connectivity index (χ4n) is 4.76. The van der Waals surface area contributed by atoms with Gasteiger partial charge in [0.25, 0.3) is 0 Å². The standard InChI is InChI=1S/C28H49N5O13S3/c29-3-11-47-10-1-2-18(36)30-4-7-33(8-5-31-19(37)14-48-27-25(43)23(41)21(39)16(12-34)45-27)9-6-32-20(38)15-49-28-26(44)24(42)22(40)17(13-35)46-28/h16-17,21-28,34-35,39-44H,1-2,4-15H2,(H,30,36)(H,31,37)(H,32,38). The Morgan fingerprint density at radius 1 is 0.673 bits per heavy atom.